The van der Waals surface area contributed by atoms with Gasteiger partial charge in [0.2, 0.25) is 5.91 Å². The Bertz CT molecular complexity index is 159. The largest absolute Gasteiger partial charge is 0.397 e. The standard InChI is InChI=1S/C6H10F3NOS/c1-4(5(10)11)2-12-3-6(7,8)9/h4H,2-3H2,1H3,(H2,10,11)/t4-/m0/s1. The van der Waals surface area contributed by atoms with Gasteiger partial charge in [0.1, 0.15) is 0 Å². The fraction of sp³-hybridized carbons (Fsp3) is 0.833. The van der Waals surface area contributed by atoms with E-state index in [2.05, 4.69) is 0 Å². The van der Waals surface area contributed by atoms with E-state index in [0.717, 1.165) is 0 Å². The van der Waals surface area contributed by atoms with Crippen LogP contribution in [-0.4, -0.2) is 23.6 Å². The molecule has 0 aliphatic heterocycles. The second kappa shape index (κ2) is 4.59. The molecule has 0 aliphatic carbocycles. The van der Waals surface area contributed by atoms with E-state index >= 15 is 0 Å². The third kappa shape index (κ3) is 6.33. The molecule has 0 rings (SSSR count). The fourth-order valence-corrected chi connectivity index (χ4v) is 1.30. The minimum Gasteiger partial charge on any atom is -0.369 e. The summed E-state index contributed by atoms with van der Waals surface area (Å²) in [4.78, 5) is 10.4. The van der Waals surface area contributed by atoms with Gasteiger partial charge >= 0.3 is 6.18 Å². The number of amides is 1. The molecule has 0 bridgehead atoms. The predicted octanol–water partition coefficient (Wildman–Crippen LogP) is 1.40. The van der Waals surface area contributed by atoms with Gasteiger partial charge in [-0.05, 0) is 0 Å². The Hall–Kier alpha value is -0.390. The lowest BCUT2D eigenvalue weighted by Gasteiger charge is -2.08. The summed E-state index contributed by atoms with van der Waals surface area (Å²) in [5.74, 6) is -1.87. The number of primary amides is 1. The van der Waals surface area contributed by atoms with Crippen molar-refractivity contribution in [2.75, 3.05) is 11.5 Å². The second-order valence-corrected chi connectivity index (χ2v) is 3.46. The van der Waals surface area contributed by atoms with Crippen LogP contribution in [0.3, 0.4) is 0 Å². The van der Waals surface area contributed by atoms with Crippen LogP contribution in [0.5, 0.6) is 0 Å². The number of carbonyl (C=O) groups is 1. The monoisotopic (exact) mass is 201 g/mol. The lowest BCUT2D eigenvalue weighted by atomic mass is 10.2. The minimum atomic E-state index is -4.16. The number of rotatable bonds is 4. The van der Waals surface area contributed by atoms with Crippen molar-refractivity contribution in [2.24, 2.45) is 11.7 Å². The van der Waals surface area contributed by atoms with E-state index in [0.29, 0.717) is 11.8 Å². The molecule has 12 heavy (non-hydrogen) atoms. The molecule has 1 atom stereocenters. The summed E-state index contributed by atoms with van der Waals surface area (Å²) in [5.41, 5.74) is 4.85. The molecule has 2 nitrogen and oxygen atoms in total. The number of nitrogens with two attached hydrogens (primary N) is 1. The maximum Gasteiger partial charge on any atom is 0.397 e. The van der Waals surface area contributed by atoms with Crippen LogP contribution in [0.15, 0.2) is 0 Å². The van der Waals surface area contributed by atoms with Gasteiger partial charge in [0.25, 0.3) is 0 Å². The lowest BCUT2D eigenvalue weighted by Crippen LogP contribution is -2.23. The number of hydrogen-bond donors (Lipinski definition) is 1. The first-order valence-electron chi connectivity index (χ1n) is 3.26. The molecule has 0 saturated carbocycles. The van der Waals surface area contributed by atoms with Crippen LogP contribution in [-0.2, 0) is 4.79 Å². The third-order valence-corrected chi connectivity index (χ3v) is 2.39. The minimum absolute atomic E-state index is 0.120. The molecule has 1 amide bonds. The molecule has 0 fully saturated rings. The molecule has 0 saturated heterocycles. The summed E-state index contributed by atoms with van der Waals surface area (Å²) in [6.07, 6.45) is -4.16. The highest BCUT2D eigenvalue weighted by Crippen LogP contribution is 2.22. The summed E-state index contributed by atoms with van der Waals surface area (Å²) >= 11 is 0.671. The van der Waals surface area contributed by atoms with Crippen LogP contribution in [0.2, 0.25) is 0 Å². The van der Waals surface area contributed by atoms with Crippen LogP contribution in [0, 0.1) is 5.92 Å². The summed E-state index contributed by atoms with van der Waals surface area (Å²) in [5, 5.41) is 0. The Morgan fingerprint density at radius 3 is 2.42 bits per heavy atom. The predicted molar refractivity (Wildman–Crippen MR) is 41.7 cm³/mol. The van der Waals surface area contributed by atoms with E-state index < -0.39 is 23.8 Å². The Kier molecular flexibility index (Phi) is 4.44. The molecule has 0 aromatic rings. The highest BCUT2D eigenvalue weighted by molar-refractivity contribution is 7.99. The van der Waals surface area contributed by atoms with Gasteiger partial charge in [-0.3, -0.25) is 4.79 Å². The molecule has 72 valence electrons. The zero-order valence-electron chi connectivity index (χ0n) is 6.52. The highest BCUT2D eigenvalue weighted by atomic mass is 32.2. The van der Waals surface area contributed by atoms with Gasteiger partial charge in [0.15, 0.2) is 0 Å². The van der Waals surface area contributed by atoms with Crippen molar-refractivity contribution in [3.63, 3.8) is 0 Å². The highest BCUT2D eigenvalue weighted by Gasteiger charge is 2.27. The molecular formula is C6H10F3NOS. The van der Waals surface area contributed by atoms with Crippen LogP contribution in [0.25, 0.3) is 0 Å². The van der Waals surface area contributed by atoms with Gasteiger partial charge in [-0.1, -0.05) is 6.92 Å². The summed E-state index contributed by atoms with van der Waals surface area (Å²) in [6.45, 7) is 1.51. The normalized spacial score (nSPS) is 14.3. The van der Waals surface area contributed by atoms with Crippen molar-refractivity contribution in [1.82, 2.24) is 0 Å². The molecule has 6 heteroatoms. The zero-order valence-corrected chi connectivity index (χ0v) is 7.34. The van der Waals surface area contributed by atoms with Gasteiger partial charge in [-0.2, -0.15) is 24.9 Å². The quantitative estimate of drug-likeness (QED) is 0.747. The van der Waals surface area contributed by atoms with Crippen molar-refractivity contribution >= 4 is 17.7 Å². The molecule has 0 aromatic carbocycles. The van der Waals surface area contributed by atoms with Gasteiger partial charge in [0, 0.05) is 11.7 Å². The maximum absolute atomic E-state index is 11.6. The average molecular weight is 201 g/mol. The molecule has 0 unspecified atom stereocenters. The summed E-state index contributed by atoms with van der Waals surface area (Å²) in [6, 6.07) is 0. The van der Waals surface area contributed by atoms with Gasteiger partial charge in [-0.25, -0.2) is 0 Å². The number of thioether (sulfide) groups is 1. The van der Waals surface area contributed by atoms with E-state index in [-0.39, 0.29) is 5.75 Å². The van der Waals surface area contributed by atoms with Crippen molar-refractivity contribution < 1.29 is 18.0 Å². The Morgan fingerprint density at radius 1 is 1.58 bits per heavy atom. The second-order valence-electron chi connectivity index (χ2n) is 2.43. The first-order chi connectivity index (χ1) is 5.33. The first kappa shape index (κ1) is 11.6. The van der Waals surface area contributed by atoms with Crippen LogP contribution in [0.4, 0.5) is 13.2 Å². The van der Waals surface area contributed by atoms with Crippen molar-refractivity contribution in [1.29, 1.82) is 0 Å². The van der Waals surface area contributed by atoms with E-state index in [1.165, 1.54) is 6.92 Å². The molecule has 2 N–H and O–H groups in total. The van der Waals surface area contributed by atoms with E-state index in [4.69, 9.17) is 5.73 Å². The smallest absolute Gasteiger partial charge is 0.369 e. The number of hydrogen-bond acceptors (Lipinski definition) is 2. The molecule has 0 aliphatic rings. The Balaban J connectivity index is 3.51. The zero-order chi connectivity index (χ0) is 9.78. The molecule has 0 heterocycles. The molecular weight excluding hydrogens is 191 g/mol. The number of carbonyl (C=O) groups excluding carboxylic acids is 1. The van der Waals surface area contributed by atoms with Crippen molar-refractivity contribution in [3.05, 3.63) is 0 Å². The Morgan fingerprint density at radius 2 is 2.08 bits per heavy atom. The number of halogens is 3. The van der Waals surface area contributed by atoms with Gasteiger partial charge < -0.3 is 5.73 Å². The molecule has 0 aromatic heterocycles. The van der Waals surface area contributed by atoms with Gasteiger partial charge in [0.05, 0.1) is 5.75 Å². The molecule has 0 radical (unpaired) electrons. The van der Waals surface area contributed by atoms with Gasteiger partial charge in [-0.15, -0.1) is 0 Å². The third-order valence-electron chi connectivity index (χ3n) is 1.12. The molecule has 0 spiro atoms. The van der Waals surface area contributed by atoms with Crippen LogP contribution in [0.1, 0.15) is 6.92 Å². The van der Waals surface area contributed by atoms with E-state index in [9.17, 15) is 18.0 Å². The van der Waals surface area contributed by atoms with Crippen LogP contribution >= 0.6 is 11.8 Å². The SMILES string of the molecule is C[C@@H](CSCC(F)(F)F)C(N)=O. The maximum atomic E-state index is 11.6. The lowest BCUT2D eigenvalue weighted by molar-refractivity contribution is -0.120. The van der Waals surface area contributed by atoms with Crippen molar-refractivity contribution in [3.8, 4) is 0 Å². The number of alkyl halides is 3. The average Bonchev–Trinajstić information content (AvgIpc) is 1.84. The van der Waals surface area contributed by atoms with Crippen molar-refractivity contribution in [2.45, 2.75) is 13.1 Å². The van der Waals surface area contributed by atoms with E-state index in [1.807, 2.05) is 0 Å². The van der Waals surface area contributed by atoms with Crippen LogP contribution < -0.4 is 5.73 Å². The fourth-order valence-electron chi connectivity index (χ4n) is 0.434. The summed E-state index contributed by atoms with van der Waals surface area (Å²) in [7, 11) is 0. The Labute approximate surface area is 72.7 Å². The van der Waals surface area contributed by atoms with E-state index in [1.54, 1.807) is 0 Å². The summed E-state index contributed by atoms with van der Waals surface area (Å²) < 4.78 is 34.7. The topological polar surface area (TPSA) is 43.1 Å². The first-order valence-corrected chi connectivity index (χ1v) is 4.42.